The van der Waals surface area contributed by atoms with Crippen LogP contribution >= 0.6 is 11.6 Å². The van der Waals surface area contributed by atoms with Gasteiger partial charge in [-0.2, -0.15) is 0 Å². The third-order valence-corrected chi connectivity index (χ3v) is 7.29. The molecule has 2 heterocycles. The van der Waals surface area contributed by atoms with Crippen LogP contribution in [0.4, 0.5) is 21.6 Å². The topological polar surface area (TPSA) is 88.6 Å². The molecule has 1 saturated carbocycles. The highest BCUT2D eigenvalue weighted by Crippen LogP contribution is 2.36. The van der Waals surface area contributed by atoms with Gasteiger partial charge in [0, 0.05) is 49.0 Å². The number of hydrogen-bond acceptors (Lipinski definition) is 7. The zero-order chi connectivity index (χ0) is 26.5. The summed E-state index contributed by atoms with van der Waals surface area (Å²) in [5.41, 5.74) is 1.76. The smallest absolute Gasteiger partial charge is 0.248 e. The van der Waals surface area contributed by atoms with E-state index in [1.54, 1.807) is 18.2 Å². The fraction of sp³-hybridized carbons (Fsp3) is 0.393. The van der Waals surface area contributed by atoms with Crippen LogP contribution in [0, 0.1) is 5.82 Å². The molecule has 1 aliphatic heterocycles. The quantitative estimate of drug-likeness (QED) is 0.337. The molecule has 200 valence electrons. The molecule has 0 bridgehead atoms. The number of ether oxygens (including phenoxy) is 2. The number of likely N-dealkylation sites (N-methyl/N-ethyl adjacent to an activating group) is 1. The van der Waals surface area contributed by atoms with Gasteiger partial charge in [0.25, 0.3) is 0 Å². The Bertz CT molecular complexity index is 1330. The second kappa shape index (κ2) is 12.1. The molecule has 8 nitrogen and oxygen atoms in total. The highest BCUT2D eigenvalue weighted by molar-refractivity contribution is 6.31. The van der Waals surface area contributed by atoms with E-state index in [1.807, 2.05) is 12.1 Å². The predicted molar refractivity (Wildman–Crippen MR) is 147 cm³/mol. The number of fused-ring (bicyclic) bond motifs is 1. The van der Waals surface area contributed by atoms with Crippen molar-refractivity contribution in [1.82, 2.24) is 14.9 Å². The maximum absolute atomic E-state index is 13.6. The Kier molecular flexibility index (Phi) is 8.36. The fourth-order valence-corrected chi connectivity index (χ4v) is 4.71. The van der Waals surface area contributed by atoms with Gasteiger partial charge in [-0.3, -0.25) is 9.69 Å². The van der Waals surface area contributed by atoms with Gasteiger partial charge in [-0.05, 0) is 63.4 Å². The Morgan fingerprint density at radius 2 is 2.03 bits per heavy atom. The molecule has 3 aromatic rings. The van der Waals surface area contributed by atoms with Gasteiger partial charge in [0.15, 0.2) is 0 Å². The molecular formula is C28H31ClFN5O3. The average molecular weight is 540 g/mol. The van der Waals surface area contributed by atoms with Crippen molar-refractivity contribution in [3.63, 3.8) is 0 Å². The number of aromatic nitrogens is 2. The van der Waals surface area contributed by atoms with Crippen LogP contribution in [0.1, 0.15) is 32.1 Å². The zero-order valence-corrected chi connectivity index (χ0v) is 22.0. The molecule has 2 aromatic carbocycles. The summed E-state index contributed by atoms with van der Waals surface area (Å²) in [5.74, 6) is 0.314. The van der Waals surface area contributed by atoms with E-state index in [0.717, 1.165) is 45.3 Å². The minimum atomic E-state index is -0.500. The molecule has 10 heteroatoms. The minimum absolute atomic E-state index is 0.00625. The van der Waals surface area contributed by atoms with Crippen LogP contribution in [0.5, 0.6) is 5.75 Å². The second-order valence-corrected chi connectivity index (χ2v) is 10.1. The molecule has 2 aliphatic rings. The lowest BCUT2D eigenvalue weighted by atomic mass is 9.96. The normalized spacial score (nSPS) is 16.6. The summed E-state index contributed by atoms with van der Waals surface area (Å²) in [6.07, 6.45) is 10.1. The maximum Gasteiger partial charge on any atom is 0.248 e. The first-order valence-electron chi connectivity index (χ1n) is 12.9. The van der Waals surface area contributed by atoms with Crippen molar-refractivity contribution in [3.05, 3.63) is 59.7 Å². The number of nitrogens with zero attached hydrogens (tertiary/aromatic N) is 3. The summed E-state index contributed by atoms with van der Waals surface area (Å²) in [4.78, 5) is 23.9. The second-order valence-electron chi connectivity index (χ2n) is 9.69. The number of carbonyl (C=O) groups excluding carboxylic acids is 1. The monoisotopic (exact) mass is 539 g/mol. The van der Waals surface area contributed by atoms with Crippen LogP contribution in [0.15, 0.2) is 48.8 Å². The molecule has 1 amide bonds. The number of anilines is 3. The van der Waals surface area contributed by atoms with Gasteiger partial charge in [-0.1, -0.05) is 17.7 Å². The van der Waals surface area contributed by atoms with Crippen molar-refractivity contribution in [2.45, 2.75) is 44.2 Å². The molecule has 0 unspecified atom stereocenters. The van der Waals surface area contributed by atoms with Crippen molar-refractivity contribution in [3.8, 4) is 5.75 Å². The van der Waals surface area contributed by atoms with Gasteiger partial charge in [0.1, 0.15) is 23.7 Å². The highest BCUT2D eigenvalue weighted by atomic mass is 35.5. The van der Waals surface area contributed by atoms with Gasteiger partial charge in [0.05, 0.1) is 22.3 Å². The van der Waals surface area contributed by atoms with E-state index in [9.17, 15) is 9.18 Å². The molecule has 2 fully saturated rings. The molecule has 0 atom stereocenters. The molecular weight excluding hydrogens is 509 g/mol. The van der Waals surface area contributed by atoms with E-state index in [0.29, 0.717) is 46.4 Å². The lowest BCUT2D eigenvalue weighted by Crippen LogP contribution is -2.36. The maximum atomic E-state index is 13.6. The van der Waals surface area contributed by atoms with Gasteiger partial charge >= 0.3 is 0 Å². The van der Waals surface area contributed by atoms with Gasteiger partial charge < -0.3 is 20.1 Å². The van der Waals surface area contributed by atoms with Crippen LogP contribution in [0.3, 0.4) is 0 Å². The van der Waals surface area contributed by atoms with E-state index >= 15 is 0 Å². The summed E-state index contributed by atoms with van der Waals surface area (Å²) in [6.45, 7) is 2.22. The lowest BCUT2D eigenvalue weighted by Gasteiger charge is -2.30. The number of benzene rings is 2. The average Bonchev–Trinajstić information content (AvgIpc) is 2.89. The SMILES string of the molecule is CN(CC=CC(=O)Nc1cc2c(Nc3ccc(F)c(Cl)c3)ncnc2cc1OC1CCC1)C1CCOCC1. The lowest BCUT2D eigenvalue weighted by molar-refractivity contribution is -0.112. The third-order valence-electron chi connectivity index (χ3n) is 7.00. The number of halogens is 2. The van der Waals surface area contributed by atoms with Gasteiger partial charge in [0.2, 0.25) is 5.91 Å². The van der Waals surface area contributed by atoms with E-state index < -0.39 is 5.82 Å². The molecule has 38 heavy (non-hydrogen) atoms. The standard InChI is InChI=1S/C28H31ClFN5O3/c1-35(19-9-12-37-13-10-19)11-3-6-27(36)34-25-15-21-24(16-26(25)38-20-4-2-5-20)31-17-32-28(21)33-18-7-8-23(30)22(29)14-18/h3,6-8,14-17,19-20H,2,4-5,9-13H2,1H3,(H,34,36)(H,31,32,33). The number of rotatable bonds is 9. The first kappa shape index (κ1) is 26.3. The molecule has 1 aromatic heterocycles. The fourth-order valence-electron chi connectivity index (χ4n) is 4.53. The van der Waals surface area contributed by atoms with Crippen molar-refractivity contribution in [1.29, 1.82) is 0 Å². The molecule has 2 N–H and O–H groups in total. The van der Waals surface area contributed by atoms with Crippen molar-refractivity contribution < 1.29 is 18.7 Å². The van der Waals surface area contributed by atoms with Crippen LogP contribution in [0.25, 0.3) is 10.9 Å². The van der Waals surface area contributed by atoms with E-state index in [2.05, 4.69) is 32.5 Å². The van der Waals surface area contributed by atoms with Gasteiger partial charge in [-0.15, -0.1) is 0 Å². The summed E-state index contributed by atoms with van der Waals surface area (Å²) >= 11 is 5.95. The molecule has 0 spiro atoms. The van der Waals surface area contributed by atoms with Gasteiger partial charge in [-0.25, -0.2) is 14.4 Å². The summed E-state index contributed by atoms with van der Waals surface area (Å²) in [5, 5.41) is 6.83. The van der Waals surface area contributed by atoms with Crippen LogP contribution in [0.2, 0.25) is 5.02 Å². The van der Waals surface area contributed by atoms with Crippen molar-refractivity contribution >= 4 is 45.6 Å². The summed E-state index contributed by atoms with van der Waals surface area (Å²) in [6, 6.07) is 8.43. The number of carbonyl (C=O) groups is 1. The molecule has 5 rings (SSSR count). The highest BCUT2D eigenvalue weighted by Gasteiger charge is 2.22. The molecule has 0 radical (unpaired) electrons. The Hall–Kier alpha value is -3.27. The number of amides is 1. The largest absolute Gasteiger partial charge is 0.488 e. The first-order valence-corrected chi connectivity index (χ1v) is 13.3. The van der Waals surface area contributed by atoms with Crippen LogP contribution < -0.4 is 15.4 Å². The van der Waals surface area contributed by atoms with E-state index in [-0.39, 0.29) is 17.0 Å². The van der Waals surface area contributed by atoms with Crippen molar-refractivity contribution in [2.24, 2.45) is 0 Å². The Morgan fingerprint density at radius 1 is 1.21 bits per heavy atom. The summed E-state index contributed by atoms with van der Waals surface area (Å²) < 4.78 is 25.3. The number of hydrogen-bond donors (Lipinski definition) is 2. The zero-order valence-electron chi connectivity index (χ0n) is 21.3. The molecule has 1 saturated heterocycles. The Morgan fingerprint density at radius 3 is 2.76 bits per heavy atom. The Labute approximate surface area is 226 Å². The predicted octanol–water partition coefficient (Wildman–Crippen LogP) is 5.70. The third kappa shape index (κ3) is 6.40. The van der Waals surface area contributed by atoms with Crippen molar-refractivity contribution in [2.75, 3.05) is 37.4 Å². The van der Waals surface area contributed by atoms with E-state index in [1.165, 1.54) is 18.5 Å². The Balaban J connectivity index is 1.36. The van der Waals surface area contributed by atoms with Crippen LogP contribution in [-0.4, -0.2) is 59.7 Å². The number of nitrogens with one attached hydrogen (secondary N) is 2. The van der Waals surface area contributed by atoms with Crippen LogP contribution in [-0.2, 0) is 9.53 Å². The first-order chi connectivity index (χ1) is 18.5. The minimum Gasteiger partial charge on any atom is -0.488 e. The molecule has 1 aliphatic carbocycles. The van der Waals surface area contributed by atoms with E-state index in [4.69, 9.17) is 21.1 Å². The summed E-state index contributed by atoms with van der Waals surface area (Å²) in [7, 11) is 2.06.